The van der Waals surface area contributed by atoms with Gasteiger partial charge in [0.25, 0.3) is 0 Å². The van der Waals surface area contributed by atoms with Crippen LogP contribution in [0, 0.1) is 23.2 Å². The fourth-order valence-electron chi connectivity index (χ4n) is 6.62. The Hall–Kier alpha value is -1.87. The van der Waals surface area contributed by atoms with Crippen molar-refractivity contribution in [2.75, 3.05) is 5.32 Å². The topological polar surface area (TPSA) is 42.0 Å². The number of nitrogens with zero attached hydrogens (tertiary/aromatic N) is 1. The van der Waals surface area contributed by atoms with Crippen molar-refractivity contribution in [3.8, 4) is 0 Å². The fraction of sp³-hybridized carbons (Fsp3) is 0.478. The molecule has 6 rings (SSSR count). The third kappa shape index (κ3) is 2.62. The zero-order valence-corrected chi connectivity index (χ0v) is 16.4. The average Bonchev–Trinajstić information content (AvgIpc) is 2.66. The molecule has 1 aromatic heterocycles. The Balaban J connectivity index is 1.52. The highest BCUT2D eigenvalue weighted by atomic mass is 35.5. The summed E-state index contributed by atoms with van der Waals surface area (Å²) in [7, 11) is 0. The van der Waals surface area contributed by atoms with Crippen LogP contribution < -0.4 is 5.32 Å². The number of pyridine rings is 1. The van der Waals surface area contributed by atoms with Crippen LogP contribution in [-0.2, 0) is 10.2 Å². The minimum absolute atomic E-state index is 0.0934. The van der Waals surface area contributed by atoms with E-state index in [1.165, 1.54) is 18.4 Å². The van der Waals surface area contributed by atoms with Gasteiger partial charge < -0.3 is 5.32 Å². The lowest BCUT2D eigenvalue weighted by Gasteiger charge is -2.64. The molecule has 1 heterocycles. The van der Waals surface area contributed by atoms with Crippen molar-refractivity contribution in [3.05, 3.63) is 59.2 Å². The van der Waals surface area contributed by atoms with Gasteiger partial charge in [0.2, 0.25) is 5.91 Å². The van der Waals surface area contributed by atoms with Crippen molar-refractivity contribution < 1.29 is 4.79 Å². The minimum Gasteiger partial charge on any atom is -0.310 e. The van der Waals surface area contributed by atoms with E-state index in [0.29, 0.717) is 23.6 Å². The van der Waals surface area contributed by atoms with E-state index in [-0.39, 0.29) is 16.7 Å². The quantitative estimate of drug-likeness (QED) is 0.768. The fourth-order valence-corrected chi connectivity index (χ4v) is 6.74. The third-order valence-electron chi connectivity index (χ3n) is 7.66. The van der Waals surface area contributed by atoms with Gasteiger partial charge in [-0.3, -0.25) is 4.79 Å². The summed E-state index contributed by atoms with van der Waals surface area (Å²) in [5.74, 6) is 2.69. The van der Waals surface area contributed by atoms with Crippen molar-refractivity contribution in [1.29, 1.82) is 0 Å². The molecule has 27 heavy (non-hydrogen) atoms. The maximum Gasteiger partial charge on any atom is 0.231 e. The van der Waals surface area contributed by atoms with E-state index >= 15 is 0 Å². The summed E-state index contributed by atoms with van der Waals surface area (Å²) in [6.07, 6.45) is 7.17. The van der Waals surface area contributed by atoms with Crippen LogP contribution in [0.1, 0.15) is 44.6 Å². The molecule has 3 nitrogen and oxygen atoms in total. The number of aromatic nitrogens is 1. The van der Waals surface area contributed by atoms with Crippen LogP contribution in [0.15, 0.2) is 48.7 Å². The standard InChI is InChI=1S/C23H25ClN2O/c1-15-17-10-16-11-22(13-17,21(27)26-20-4-2-3-9-25-20)14-23(15,12-16)18-5-7-19(24)8-6-18/h2-9,15-17H,10-14H2,1H3,(H,25,26,27). The molecule has 1 aromatic carbocycles. The van der Waals surface area contributed by atoms with Gasteiger partial charge in [-0.25, -0.2) is 4.98 Å². The summed E-state index contributed by atoms with van der Waals surface area (Å²) in [5.41, 5.74) is 1.19. The first-order valence-corrected chi connectivity index (χ1v) is 10.4. The van der Waals surface area contributed by atoms with E-state index in [1.54, 1.807) is 6.20 Å². The summed E-state index contributed by atoms with van der Waals surface area (Å²) in [6, 6.07) is 14.0. The highest BCUT2D eigenvalue weighted by Crippen LogP contribution is 2.68. The molecule has 1 N–H and O–H groups in total. The molecule has 1 amide bonds. The van der Waals surface area contributed by atoms with Gasteiger partial charge in [0, 0.05) is 11.2 Å². The van der Waals surface area contributed by atoms with E-state index in [4.69, 9.17) is 11.6 Å². The van der Waals surface area contributed by atoms with Gasteiger partial charge in [-0.05, 0) is 85.1 Å². The number of amides is 1. The summed E-state index contributed by atoms with van der Waals surface area (Å²) < 4.78 is 0. The first kappa shape index (κ1) is 17.2. The number of carbonyl (C=O) groups excluding carboxylic acids is 1. The Morgan fingerprint density at radius 1 is 1.15 bits per heavy atom. The van der Waals surface area contributed by atoms with Crippen molar-refractivity contribution in [2.24, 2.45) is 23.2 Å². The highest BCUT2D eigenvalue weighted by molar-refractivity contribution is 6.30. The zero-order chi connectivity index (χ0) is 18.6. The summed E-state index contributed by atoms with van der Waals surface area (Å²) in [6.45, 7) is 2.40. The summed E-state index contributed by atoms with van der Waals surface area (Å²) in [4.78, 5) is 17.7. The molecular formula is C23H25ClN2O. The second kappa shape index (κ2) is 6.07. The molecule has 4 aliphatic carbocycles. The predicted molar refractivity (Wildman–Crippen MR) is 108 cm³/mol. The summed E-state index contributed by atoms with van der Waals surface area (Å²) in [5, 5.41) is 3.90. The van der Waals surface area contributed by atoms with Crippen molar-refractivity contribution >= 4 is 23.3 Å². The zero-order valence-electron chi connectivity index (χ0n) is 15.6. The molecule has 0 radical (unpaired) electrons. The van der Waals surface area contributed by atoms with E-state index in [9.17, 15) is 4.79 Å². The van der Waals surface area contributed by atoms with Crippen LogP contribution in [0.25, 0.3) is 0 Å². The molecule has 4 saturated carbocycles. The van der Waals surface area contributed by atoms with Gasteiger partial charge in [0.1, 0.15) is 5.82 Å². The minimum atomic E-state index is -0.268. The second-order valence-electron chi connectivity index (χ2n) is 9.05. The molecule has 4 aliphatic rings. The van der Waals surface area contributed by atoms with Crippen LogP contribution in [0.2, 0.25) is 5.02 Å². The van der Waals surface area contributed by atoms with Gasteiger partial charge in [0.05, 0.1) is 5.41 Å². The lowest BCUT2D eigenvalue weighted by molar-refractivity contribution is -0.151. The van der Waals surface area contributed by atoms with E-state index in [1.807, 2.05) is 30.3 Å². The monoisotopic (exact) mass is 380 g/mol. The Kier molecular flexibility index (Phi) is 3.87. The SMILES string of the molecule is CC1C2CC3CC(C(=O)Nc4ccccn4)(C2)CC1(c1ccc(Cl)cc1)C3. The van der Waals surface area contributed by atoms with Crippen LogP contribution >= 0.6 is 11.6 Å². The van der Waals surface area contributed by atoms with E-state index < -0.39 is 0 Å². The number of benzene rings is 1. The lowest BCUT2D eigenvalue weighted by Crippen LogP contribution is -2.61. The van der Waals surface area contributed by atoms with Crippen molar-refractivity contribution in [3.63, 3.8) is 0 Å². The van der Waals surface area contributed by atoms with Crippen molar-refractivity contribution in [2.45, 2.75) is 44.4 Å². The number of hydrogen-bond acceptors (Lipinski definition) is 2. The number of carbonyl (C=O) groups is 1. The first-order chi connectivity index (χ1) is 13.0. The van der Waals surface area contributed by atoms with Gasteiger partial charge in [-0.1, -0.05) is 36.7 Å². The Morgan fingerprint density at radius 2 is 1.96 bits per heavy atom. The van der Waals surface area contributed by atoms with Crippen molar-refractivity contribution in [1.82, 2.24) is 4.98 Å². The van der Waals surface area contributed by atoms with Gasteiger partial charge in [0.15, 0.2) is 0 Å². The maximum atomic E-state index is 13.4. The molecule has 4 heteroatoms. The molecule has 5 atom stereocenters. The molecule has 5 unspecified atom stereocenters. The lowest BCUT2D eigenvalue weighted by atomic mass is 9.39. The number of rotatable bonds is 3. The smallest absolute Gasteiger partial charge is 0.231 e. The second-order valence-corrected chi connectivity index (χ2v) is 9.49. The van der Waals surface area contributed by atoms with Crippen LogP contribution in [0.5, 0.6) is 0 Å². The van der Waals surface area contributed by atoms with E-state index in [2.05, 4.69) is 29.4 Å². The number of halogens is 1. The molecule has 4 bridgehead atoms. The molecular weight excluding hydrogens is 356 g/mol. The summed E-state index contributed by atoms with van der Waals surface area (Å²) >= 11 is 6.15. The molecule has 4 fully saturated rings. The number of hydrogen-bond donors (Lipinski definition) is 1. The number of anilines is 1. The highest BCUT2D eigenvalue weighted by Gasteiger charge is 2.63. The average molecular weight is 381 g/mol. The van der Waals surface area contributed by atoms with Gasteiger partial charge >= 0.3 is 0 Å². The molecule has 0 spiro atoms. The Bertz CT molecular complexity index is 868. The maximum absolute atomic E-state index is 13.4. The van der Waals surface area contributed by atoms with Gasteiger partial charge in [-0.2, -0.15) is 0 Å². The third-order valence-corrected chi connectivity index (χ3v) is 7.91. The van der Waals surface area contributed by atoms with Crippen LogP contribution in [0.3, 0.4) is 0 Å². The molecule has 0 aliphatic heterocycles. The predicted octanol–water partition coefficient (Wildman–Crippen LogP) is 5.46. The Labute approximate surface area is 165 Å². The molecule has 0 saturated heterocycles. The largest absolute Gasteiger partial charge is 0.310 e. The Morgan fingerprint density at radius 3 is 2.70 bits per heavy atom. The molecule has 2 aromatic rings. The van der Waals surface area contributed by atoms with Crippen LogP contribution in [0.4, 0.5) is 5.82 Å². The normalized spacial score (nSPS) is 36.6. The van der Waals surface area contributed by atoms with Crippen LogP contribution in [-0.4, -0.2) is 10.9 Å². The first-order valence-electron chi connectivity index (χ1n) is 9.99. The molecule has 140 valence electrons. The number of nitrogens with one attached hydrogen (secondary N) is 1. The van der Waals surface area contributed by atoms with Gasteiger partial charge in [-0.15, -0.1) is 0 Å². The van der Waals surface area contributed by atoms with E-state index in [0.717, 1.165) is 24.3 Å².